The first-order valence-corrected chi connectivity index (χ1v) is 12.0. The number of aromatic nitrogens is 2. The molecular formula is C27H24N4O2S. The number of nitrogens with one attached hydrogen (secondary N) is 1. The van der Waals surface area contributed by atoms with Crippen LogP contribution in [0.4, 0.5) is 11.4 Å². The molecule has 0 bridgehead atoms. The zero-order chi connectivity index (χ0) is 23.7. The van der Waals surface area contributed by atoms with E-state index in [0.717, 1.165) is 40.2 Å². The maximum atomic E-state index is 11.1. The zero-order valence-corrected chi connectivity index (χ0v) is 19.8. The minimum absolute atomic E-state index is 0.0875. The van der Waals surface area contributed by atoms with Crippen LogP contribution in [0.1, 0.15) is 16.7 Å². The number of benzene rings is 3. The summed E-state index contributed by atoms with van der Waals surface area (Å²) in [6.07, 6.45) is 2.91. The lowest BCUT2D eigenvalue weighted by molar-refractivity contribution is -0.384. The number of nitrogens with zero attached hydrogens (tertiary/aromatic N) is 3. The second-order valence-electron chi connectivity index (χ2n) is 8.43. The van der Waals surface area contributed by atoms with Gasteiger partial charge < -0.3 is 9.55 Å². The van der Waals surface area contributed by atoms with Crippen molar-refractivity contribution in [3.8, 4) is 11.3 Å². The van der Waals surface area contributed by atoms with Gasteiger partial charge >= 0.3 is 0 Å². The fourth-order valence-electron chi connectivity index (χ4n) is 4.32. The third-order valence-corrected chi connectivity index (χ3v) is 6.75. The molecule has 1 N–H and O–H groups in total. The lowest BCUT2D eigenvalue weighted by atomic mass is 10.1. The van der Waals surface area contributed by atoms with E-state index in [1.165, 1.54) is 22.1 Å². The Labute approximate surface area is 201 Å². The van der Waals surface area contributed by atoms with Crippen LogP contribution in [0.3, 0.4) is 0 Å². The van der Waals surface area contributed by atoms with E-state index in [1.54, 1.807) is 23.5 Å². The molecule has 0 aliphatic heterocycles. The summed E-state index contributed by atoms with van der Waals surface area (Å²) in [5.41, 5.74) is 7.68. The molecule has 0 saturated carbocycles. The van der Waals surface area contributed by atoms with Gasteiger partial charge in [-0.3, -0.25) is 10.1 Å². The number of hydrogen-bond donors (Lipinski definition) is 1. The number of aromatic amines is 1. The molecule has 34 heavy (non-hydrogen) atoms. The van der Waals surface area contributed by atoms with E-state index in [0.29, 0.717) is 0 Å². The van der Waals surface area contributed by atoms with E-state index in [-0.39, 0.29) is 10.6 Å². The van der Waals surface area contributed by atoms with E-state index in [4.69, 9.17) is 4.99 Å². The number of H-pyrrole nitrogens is 1. The van der Waals surface area contributed by atoms with Gasteiger partial charge in [-0.1, -0.05) is 24.3 Å². The smallest absolute Gasteiger partial charge is 0.269 e. The van der Waals surface area contributed by atoms with Crippen LogP contribution in [0.5, 0.6) is 0 Å². The predicted molar refractivity (Wildman–Crippen MR) is 138 cm³/mol. The number of nitro benzene ring substituents is 1. The van der Waals surface area contributed by atoms with Crippen molar-refractivity contribution in [2.24, 2.45) is 4.99 Å². The molecule has 0 aliphatic rings. The van der Waals surface area contributed by atoms with Crippen molar-refractivity contribution in [2.75, 3.05) is 0 Å². The van der Waals surface area contributed by atoms with Crippen LogP contribution in [-0.4, -0.2) is 14.5 Å². The molecule has 0 saturated heterocycles. The molecule has 6 nitrogen and oxygen atoms in total. The van der Waals surface area contributed by atoms with Crippen LogP contribution in [0.15, 0.2) is 83.3 Å². The van der Waals surface area contributed by atoms with Crippen molar-refractivity contribution in [2.45, 2.75) is 26.8 Å². The third kappa shape index (κ3) is 4.43. The highest BCUT2D eigenvalue weighted by Gasteiger charge is 2.12. The van der Waals surface area contributed by atoms with Gasteiger partial charge in [-0.2, -0.15) is 0 Å². The van der Waals surface area contributed by atoms with Crippen molar-refractivity contribution >= 4 is 33.6 Å². The van der Waals surface area contributed by atoms with Gasteiger partial charge in [0.1, 0.15) is 0 Å². The molecule has 0 amide bonds. The normalized spacial score (nSPS) is 11.9. The molecule has 3 aromatic carbocycles. The minimum atomic E-state index is -0.372. The molecule has 5 rings (SSSR count). The first kappa shape index (κ1) is 21.9. The van der Waals surface area contributed by atoms with E-state index >= 15 is 0 Å². The van der Waals surface area contributed by atoms with Crippen molar-refractivity contribution < 1.29 is 4.92 Å². The molecule has 0 unspecified atom stereocenters. The summed E-state index contributed by atoms with van der Waals surface area (Å²) in [5, 5.41) is 14.4. The Kier molecular flexibility index (Phi) is 5.86. The molecule has 2 aromatic heterocycles. The van der Waals surface area contributed by atoms with E-state index < -0.39 is 0 Å². The predicted octanol–water partition coefficient (Wildman–Crippen LogP) is 6.70. The monoisotopic (exact) mass is 468 g/mol. The summed E-state index contributed by atoms with van der Waals surface area (Å²) in [7, 11) is 0. The first-order valence-electron chi connectivity index (χ1n) is 11.1. The number of rotatable bonds is 6. The largest absolute Gasteiger partial charge is 0.361 e. The Morgan fingerprint density at radius 1 is 1.03 bits per heavy atom. The fourth-order valence-corrected chi connectivity index (χ4v) is 5.27. The SMILES string of the molecule is Cc1cc(C)cc(N=c2scc(-c3ccc([N+](=O)[O-])cc3)n2CCc2c[nH]c3ccccc23)c1. The second-order valence-corrected chi connectivity index (χ2v) is 9.26. The highest BCUT2D eigenvalue weighted by molar-refractivity contribution is 7.07. The van der Waals surface area contributed by atoms with Crippen LogP contribution in [0.25, 0.3) is 22.2 Å². The lowest BCUT2D eigenvalue weighted by Gasteiger charge is -2.09. The molecule has 7 heteroatoms. The fraction of sp³-hybridized carbons (Fsp3) is 0.148. The Hall–Kier alpha value is -3.97. The number of nitro groups is 1. The molecule has 0 radical (unpaired) electrons. The quantitative estimate of drug-likeness (QED) is 0.222. The summed E-state index contributed by atoms with van der Waals surface area (Å²) in [6, 6.07) is 21.3. The van der Waals surface area contributed by atoms with Gasteiger partial charge in [-0.15, -0.1) is 11.3 Å². The number of thiazole rings is 1. The van der Waals surface area contributed by atoms with Gasteiger partial charge in [0, 0.05) is 41.2 Å². The second kappa shape index (κ2) is 9.11. The van der Waals surface area contributed by atoms with Gasteiger partial charge in [-0.05, 0) is 72.9 Å². The van der Waals surface area contributed by atoms with E-state index in [1.807, 2.05) is 18.2 Å². The number of aryl methyl sites for hydroxylation is 3. The molecular weight excluding hydrogens is 444 g/mol. The number of non-ortho nitro benzene ring substituents is 1. The number of hydrogen-bond acceptors (Lipinski definition) is 4. The Morgan fingerprint density at radius 2 is 1.76 bits per heavy atom. The van der Waals surface area contributed by atoms with Crippen LogP contribution < -0.4 is 4.80 Å². The zero-order valence-electron chi connectivity index (χ0n) is 19.0. The van der Waals surface area contributed by atoms with Gasteiger partial charge in [0.05, 0.1) is 16.3 Å². The van der Waals surface area contributed by atoms with Crippen LogP contribution in [0.2, 0.25) is 0 Å². The molecule has 2 heterocycles. The Balaban J connectivity index is 1.57. The first-order chi connectivity index (χ1) is 16.5. The summed E-state index contributed by atoms with van der Waals surface area (Å²) < 4.78 is 2.21. The average Bonchev–Trinajstić information content (AvgIpc) is 3.41. The topological polar surface area (TPSA) is 76.2 Å². The Bertz CT molecular complexity index is 1540. The lowest BCUT2D eigenvalue weighted by Crippen LogP contribution is -2.17. The van der Waals surface area contributed by atoms with Crippen molar-refractivity contribution in [1.29, 1.82) is 0 Å². The molecule has 0 spiro atoms. The summed E-state index contributed by atoms with van der Waals surface area (Å²) in [5.74, 6) is 0. The summed E-state index contributed by atoms with van der Waals surface area (Å²) in [4.78, 5) is 20.0. The molecule has 0 aliphatic carbocycles. The Morgan fingerprint density at radius 3 is 2.50 bits per heavy atom. The van der Waals surface area contributed by atoms with Crippen LogP contribution in [0, 0.1) is 24.0 Å². The van der Waals surface area contributed by atoms with E-state index in [2.05, 4.69) is 71.4 Å². The third-order valence-electron chi connectivity index (χ3n) is 5.88. The van der Waals surface area contributed by atoms with Crippen molar-refractivity contribution in [3.63, 3.8) is 0 Å². The summed E-state index contributed by atoms with van der Waals surface area (Å²) in [6.45, 7) is 4.89. The van der Waals surface area contributed by atoms with Crippen molar-refractivity contribution in [3.05, 3.63) is 110 Å². The number of para-hydroxylation sites is 1. The maximum absolute atomic E-state index is 11.1. The molecule has 170 valence electrons. The summed E-state index contributed by atoms with van der Waals surface area (Å²) >= 11 is 1.58. The highest BCUT2D eigenvalue weighted by Crippen LogP contribution is 2.25. The average molecular weight is 469 g/mol. The maximum Gasteiger partial charge on any atom is 0.269 e. The van der Waals surface area contributed by atoms with Gasteiger partial charge in [0.25, 0.3) is 5.69 Å². The molecule has 5 aromatic rings. The molecule has 0 atom stereocenters. The van der Waals surface area contributed by atoms with Gasteiger partial charge in [0.2, 0.25) is 0 Å². The number of fused-ring (bicyclic) bond motifs is 1. The van der Waals surface area contributed by atoms with Crippen molar-refractivity contribution in [1.82, 2.24) is 9.55 Å². The minimum Gasteiger partial charge on any atom is -0.361 e. The van der Waals surface area contributed by atoms with Gasteiger partial charge in [0.15, 0.2) is 4.80 Å². The standard InChI is InChI=1S/C27H24N4O2S/c1-18-13-19(2)15-22(14-18)29-27-30(12-11-21-16-28-25-6-4-3-5-24(21)25)26(17-34-27)20-7-9-23(10-8-20)31(32)33/h3-10,13-17,28H,11-12H2,1-2H3. The van der Waals surface area contributed by atoms with Crippen LogP contribution in [-0.2, 0) is 13.0 Å². The molecule has 0 fully saturated rings. The van der Waals surface area contributed by atoms with E-state index in [9.17, 15) is 10.1 Å². The van der Waals surface area contributed by atoms with Gasteiger partial charge in [-0.25, -0.2) is 4.99 Å². The van der Waals surface area contributed by atoms with Crippen LogP contribution >= 0.6 is 11.3 Å². The highest BCUT2D eigenvalue weighted by atomic mass is 32.1.